The molecule has 0 radical (unpaired) electrons. The van der Waals surface area contributed by atoms with E-state index in [9.17, 15) is 0 Å². The average molecular weight is 557 g/mol. The molecule has 0 amide bonds. The Balaban J connectivity index is 1.36. The summed E-state index contributed by atoms with van der Waals surface area (Å²) in [4.78, 5) is 9.55. The van der Waals surface area contributed by atoms with Crippen LogP contribution in [0.3, 0.4) is 0 Å². The van der Waals surface area contributed by atoms with Gasteiger partial charge in [-0.1, -0.05) is 84.0 Å². The first kappa shape index (κ1) is 25.7. The van der Waals surface area contributed by atoms with E-state index in [0.717, 1.165) is 38.9 Å². The molecule has 0 bridgehead atoms. The van der Waals surface area contributed by atoms with E-state index in [1.54, 1.807) is 0 Å². The van der Waals surface area contributed by atoms with Crippen LogP contribution >= 0.6 is 11.3 Å². The second kappa shape index (κ2) is 9.15. The number of benzene rings is 3. The minimum Gasteiger partial charge on any atom is -0.452 e. The maximum atomic E-state index is 6.56. The normalized spacial score (nSPS) is 12.6. The minimum absolute atomic E-state index is 0.0417. The van der Waals surface area contributed by atoms with Gasteiger partial charge in [-0.05, 0) is 57.9 Å². The highest BCUT2D eigenvalue weighted by Crippen LogP contribution is 2.50. The van der Waals surface area contributed by atoms with Crippen LogP contribution in [0.2, 0.25) is 0 Å². The Kier molecular flexibility index (Phi) is 5.74. The SMILES string of the molecule is CC(C)(C)c1ccc(-c2cccc(Oc3cc(-c4cccc(C(C)(C)C)c4)c4sc5cccc6oc3c4c65)n2)nc1. The summed E-state index contributed by atoms with van der Waals surface area (Å²) in [6.45, 7) is 13.3. The van der Waals surface area contributed by atoms with Gasteiger partial charge in [0.05, 0.1) is 16.8 Å². The quantitative estimate of drug-likeness (QED) is 0.216. The summed E-state index contributed by atoms with van der Waals surface area (Å²) in [6.07, 6.45) is 1.93. The van der Waals surface area contributed by atoms with E-state index in [2.05, 4.69) is 90.1 Å². The maximum absolute atomic E-state index is 6.56. The Hall–Kier alpha value is -4.22. The summed E-state index contributed by atoms with van der Waals surface area (Å²) in [5, 5.41) is 2.27. The Morgan fingerprint density at radius 1 is 0.732 bits per heavy atom. The molecule has 0 spiro atoms. The molecule has 0 aliphatic carbocycles. The van der Waals surface area contributed by atoms with Gasteiger partial charge in [-0.3, -0.25) is 4.98 Å². The van der Waals surface area contributed by atoms with E-state index in [4.69, 9.17) is 19.1 Å². The molecule has 0 unspecified atom stereocenters. The van der Waals surface area contributed by atoms with Crippen molar-refractivity contribution in [3.8, 4) is 34.1 Å². The predicted molar refractivity (Wildman–Crippen MR) is 171 cm³/mol. The van der Waals surface area contributed by atoms with E-state index in [0.29, 0.717) is 11.6 Å². The molecule has 41 heavy (non-hydrogen) atoms. The maximum Gasteiger partial charge on any atom is 0.220 e. The fourth-order valence-corrected chi connectivity index (χ4v) is 6.62. The highest BCUT2D eigenvalue weighted by molar-refractivity contribution is 7.26. The summed E-state index contributed by atoms with van der Waals surface area (Å²) >= 11 is 1.81. The number of hydrogen-bond donors (Lipinski definition) is 0. The molecule has 0 N–H and O–H groups in total. The van der Waals surface area contributed by atoms with E-state index < -0.39 is 0 Å². The van der Waals surface area contributed by atoms with Gasteiger partial charge in [0.25, 0.3) is 0 Å². The number of ether oxygens (including phenoxy) is 1. The van der Waals surface area contributed by atoms with Crippen molar-refractivity contribution in [2.45, 2.75) is 52.4 Å². The lowest BCUT2D eigenvalue weighted by Crippen LogP contribution is -2.11. The van der Waals surface area contributed by atoms with Gasteiger partial charge >= 0.3 is 0 Å². The molecule has 4 nitrogen and oxygen atoms in total. The van der Waals surface area contributed by atoms with Gasteiger partial charge in [-0.2, -0.15) is 0 Å². The van der Waals surface area contributed by atoms with Gasteiger partial charge in [-0.15, -0.1) is 11.3 Å². The van der Waals surface area contributed by atoms with Crippen LogP contribution in [0.1, 0.15) is 52.7 Å². The highest BCUT2D eigenvalue weighted by atomic mass is 32.1. The highest BCUT2D eigenvalue weighted by Gasteiger charge is 2.24. The van der Waals surface area contributed by atoms with Crippen LogP contribution in [-0.2, 0) is 10.8 Å². The first-order chi connectivity index (χ1) is 19.6. The summed E-state index contributed by atoms with van der Waals surface area (Å²) in [6, 6.07) is 27.2. The second-order valence-corrected chi connectivity index (χ2v) is 13.8. The van der Waals surface area contributed by atoms with Crippen LogP contribution in [0, 0.1) is 0 Å². The van der Waals surface area contributed by atoms with E-state index in [1.807, 2.05) is 47.9 Å². The molecule has 204 valence electrons. The van der Waals surface area contributed by atoms with Gasteiger partial charge in [0.2, 0.25) is 5.88 Å². The van der Waals surface area contributed by atoms with Crippen LogP contribution in [0.4, 0.5) is 0 Å². The molecule has 4 aromatic heterocycles. The first-order valence-corrected chi connectivity index (χ1v) is 14.8. The summed E-state index contributed by atoms with van der Waals surface area (Å²) < 4.78 is 15.4. The average Bonchev–Trinajstić information content (AvgIpc) is 3.54. The van der Waals surface area contributed by atoms with Crippen molar-refractivity contribution in [1.29, 1.82) is 0 Å². The lowest BCUT2D eigenvalue weighted by Gasteiger charge is -2.20. The summed E-state index contributed by atoms with van der Waals surface area (Å²) in [5.41, 5.74) is 8.07. The molecule has 4 heterocycles. The van der Waals surface area contributed by atoms with E-state index in [1.165, 1.54) is 26.1 Å². The van der Waals surface area contributed by atoms with Crippen molar-refractivity contribution >= 4 is 42.7 Å². The molecule has 0 atom stereocenters. The third-order valence-corrected chi connectivity index (χ3v) is 8.92. The lowest BCUT2D eigenvalue weighted by atomic mass is 9.85. The minimum atomic E-state index is 0.0417. The van der Waals surface area contributed by atoms with Crippen molar-refractivity contribution in [1.82, 2.24) is 9.97 Å². The molecule has 3 aromatic carbocycles. The number of aromatic nitrogens is 2. The molecule has 0 saturated carbocycles. The van der Waals surface area contributed by atoms with Crippen molar-refractivity contribution in [3.63, 3.8) is 0 Å². The van der Waals surface area contributed by atoms with Gasteiger partial charge in [0, 0.05) is 32.6 Å². The zero-order valence-corrected chi connectivity index (χ0v) is 25.0. The zero-order chi connectivity index (χ0) is 28.5. The number of pyridine rings is 2. The molecule has 7 rings (SSSR count). The molecular formula is C36H32N2O2S. The standard InChI is InChI=1S/C36H32N2O2S/c1-35(2,3)22-11-7-10-21(18-22)24-19-28(33-32-31-27(40-33)13-9-14-29(31)41-34(24)32)39-30-15-8-12-26(38-30)25-17-16-23(20-37-25)36(4,5)6/h7-20H,1-6H3. The number of furan rings is 1. The molecule has 5 heteroatoms. The van der Waals surface area contributed by atoms with Crippen molar-refractivity contribution in [2.75, 3.05) is 0 Å². The fourth-order valence-electron chi connectivity index (χ4n) is 5.36. The van der Waals surface area contributed by atoms with E-state index >= 15 is 0 Å². The number of nitrogens with zero attached hydrogens (tertiary/aromatic N) is 2. The summed E-state index contributed by atoms with van der Waals surface area (Å²) in [5.74, 6) is 1.16. The molecule has 0 saturated heterocycles. The number of rotatable bonds is 4. The second-order valence-electron chi connectivity index (χ2n) is 12.8. The van der Waals surface area contributed by atoms with Gasteiger partial charge in [0.15, 0.2) is 11.3 Å². The van der Waals surface area contributed by atoms with Crippen LogP contribution in [0.15, 0.2) is 89.5 Å². The zero-order valence-electron chi connectivity index (χ0n) is 24.2. The largest absolute Gasteiger partial charge is 0.452 e. The lowest BCUT2D eigenvalue weighted by molar-refractivity contribution is 0.459. The summed E-state index contributed by atoms with van der Waals surface area (Å²) in [7, 11) is 0. The van der Waals surface area contributed by atoms with Crippen LogP contribution in [0.25, 0.3) is 53.9 Å². The Morgan fingerprint density at radius 3 is 2.27 bits per heavy atom. The number of hydrogen-bond acceptors (Lipinski definition) is 5. The van der Waals surface area contributed by atoms with Crippen LogP contribution in [0.5, 0.6) is 11.6 Å². The van der Waals surface area contributed by atoms with Crippen molar-refractivity contribution < 1.29 is 9.15 Å². The Labute approximate surface area is 244 Å². The van der Waals surface area contributed by atoms with Gasteiger partial charge < -0.3 is 9.15 Å². The Morgan fingerprint density at radius 2 is 1.51 bits per heavy atom. The molecule has 0 aliphatic heterocycles. The molecule has 7 aromatic rings. The predicted octanol–water partition coefficient (Wildman–Crippen LogP) is 10.7. The molecule has 0 fully saturated rings. The van der Waals surface area contributed by atoms with Gasteiger partial charge in [0.1, 0.15) is 5.58 Å². The third-order valence-electron chi connectivity index (χ3n) is 7.73. The van der Waals surface area contributed by atoms with Gasteiger partial charge in [-0.25, -0.2) is 4.98 Å². The fraction of sp³-hybridized carbons (Fsp3) is 0.222. The van der Waals surface area contributed by atoms with Crippen LogP contribution < -0.4 is 4.74 Å². The Bertz CT molecular complexity index is 2040. The first-order valence-electron chi connectivity index (χ1n) is 14.0. The molecule has 0 aliphatic rings. The van der Waals surface area contributed by atoms with Crippen molar-refractivity contribution in [3.05, 3.63) is 96.2 Å². The smallest absolute Gasteiger partial charge is 0.220 e. The van der Waals surface area contributed by atoms with E-state index in [-0.39, 0.29) is 10.8 Å². The molecular weight excluding hydrogens is 524 g/mol. The van der Waals surface area contributed by atoms with Crippen LogP contribution in [-0.4, -0.2) is 9.97 Å². The monoisotopic (exact) mass is 556 g/mol. The third kappa shape index (κ3) is 4.45. The number of thiophene rings is 1. The van der Waals surface area contributed by atoms with Crippen molar-refractivity contribution in [2.24, 2.45) is 0 Å². The topological polar surface area (TPSA) is 48.2 Å².